The number of amides is 2. The standard InChI is InChI=1S/C37H48F4N4O6/c1-8-20-26-17-45(28(20)29(46)18(2)3)33(47)31(35(4,5)6)44-34(48)51-25-16-22-27(37(22,40)41)21(25)11-9-10-14-36(38,39)30-32(50-26)43-24-15-19(49-7)12-13-23(24)42-30/h12-13,15,18,20-22,25-28,31H,8-11,14,16-17H2,1-7H3,(H,44,48). The molecule has 2 aliphatic heterocycles. The van der Waals surface area contributed by atoms with Crippen LogP contribution < -0.4 is 14.8 Å². The Balaban J connectivity index is 1.45. The summed E-state index contributed by atoms with van der Waals surface area (Å²) in [6, 6.07) is 2.51. The molecule has 2 bridgehead atoms. The van der Waals surface area contributed by atoms with Gasteiger partial charge in [0.05, 0.1) is 30.7 Å². The van der Waals surface area contributed by atoms with E-state index < -0.39 is 101 Å². The number of alkyl halides is 4. The molecule has 1 N–H and O–H groups in total. The maximum absolute atomic E-state index is 16.3. The van der Waals surface area contributed by atoms with Crippen LogP contribution in [0.1, 0.15) is 85.8 Å². The SMILES string of the molecule is CCC1C2CN(C(=O)C(C(C)(C)C)NC(=O)OC3CC4C(C3CCCCC(F)(F)c3nc5ccc(OC)cc5nc3O2)C4(F)F)C1C(=O)C(C)C. The van der Waals surface area contributed by atoms with Crippen molar-refractivity contribution in [1.82, 2.24) is 20.2 Å². The lowest BCUT2D eigenvalue weighted by Crippen LogP contribution is -2.58. The summed E-state index contributed by atoms with van der Waals surface area (Å²) < 4.78 is 79.2. The highest BCUT2D eigenvalue weighted by atomic mass is 19.3. The first-order valence-corrected chi connectivity index (χ1v) is 18.0. The van der Waals surface area contributed by atoms with Crippen LogP contribution in [0.2, 0.25) is 0 Å². The second-order valence-electron chi connectivity index (χ2n) is 16.0. The molecule has 2 amide bonds. The van der Waals surface area contributed by atoms with Crippen LogP contribution in [-0.2, 0) is 20.2 Å². The van der Waals surface area contributed by atoms with Gasteiger partial charge in [-0.2, -0.15) is 8.78 Å². The predicted octanol–water partition coefficient (Wildman–Crippen LogP) is 6.92. The highest BCUT2D eigenvalue weighted by Gasteiger charge is 2.76. The first kappa shape index (κ1) is 37.1. The molecule has 10 nitrogen and oxygen atoms in total. The highest BCUT2D eigenvalue weighted by molar-refractivity contribution is 5.94. The number of hydrogen-bond acceptors (Lipinski definition) is 8. The van der Waals surface area contributed by atoms with Crippen LogP contribution in [0.4, 0.5) is 22.4 Å². The number of nitrogens with one attached hydrogen (secondary N) is 1. The molecule has 51 heavy (non-hydrogen) atoms. The Kier molecular flexibility index (Phi) is 9.71. The number of ketones is 1. The van der Waals surface area contributed by atoms with E-state index in [1.807, 2.05) is 6.92 Å². The molecule has 6 rings (SSSR count). The molecule has 14 heteroatoms. The Hall–Kier alpha value is -3.71. The lowest BCUT2D eigenvalue weighted by Gasteiger charge is -2.36. The van der Waals surface area contributed by atoms with E-state index in [0.717, 1.165) is 0 Å². The van der Waals surface area contributed by atoms with Gasteiger partial charge in [-0.3, -0.25) is 9.59 Å². The quantitative estimate of drug-likeness (QED) is 0.338. The summed E-state index contributed by atoms with van der Waals surface area (Å²) in [5, 5.41) is 2.71. The maximum Gasteiger partial charge on any atom is 0.408 e. The van der Waals surface area contributed by atoms with Gasteiger partial charge < -0.3 is 24.4 Å². The molecule has 8 unspecified atom stereocenters. The molecule has 1 saturated heterocycles. The van der Waals surface area contributed by atoms with E-state index in [9.17, 15) is 23.2 Å². The van der Waals surface area contributed by atoms with Crippen molar-refractivity contribution in [3.63, 3.8) is 0 Å². The number of alkyl carbamates (subject to hydrolysis) is 1. The number of fused-ring (bicyclic) bond motifs is 7. The van der Waals surface area contributed by atoms with Crippen molar-refractivity contribution in [2.24, 2.45) is 35.0 Å². The molecule has 2 aliphatic carbocycles. The van der Waals surface area contributed by atoms with Crippen LogP contribution in [0.5, 0.6) is 11.6 Å². The normalized spacial score (nSPS) is 32.1. The van der Waals surface area contributed by atoms with E-state index in [2.05, 4.69) is 15.3 Å². The van der Waals surface area contributed by atoms with Crippen LogP contribution >= 0.6 is 0 Å². The van der Waals surface area contributed by atoms with Crippen molar-refractivity contribution >= 4 is 28.8 Å². The highest BCUT2D eigenvalue weighted by Crippen LogP contribution is 2.68. The minimum Gasteiger partial charge on any atom is -0.497 e. The average Bonchev–Trinajstić information content (AvgIpc) is 3.33. The molecule has 2 aromatic rings. The maximum atomic E-state index is 16.3. The summed E-state index contributed by atoms with van der Waals surface area (Å²) in [4.78, 5) is 52.0. The summed E-state index contributed by atoms with van der Waals surface area (Å²) in [5.41, 5.74) is -1.10. The molecule has 1 aromatic heterocycles. The van der Waals surface area contributed by atoms with Gasteiger partial charge >= 0.3 is 6.09 Å². The van der Waals surface area contributed by atoms with Gasteiger partial charge in [-0.15, -0.1) is 0 Å². The molecule has 2 saturated carbocycles. The first-order chi connectivity index (χ1) is 23.9. The summed E-state index contributed by atoms with van der Waals surface area (Å²) in [5.74, 6) is -11.0. The summed E-state index contributed by atoms with van der Waals surface area (Å²) in [7, 11) is 1.47. The Morgan fingerprint density at radius 2 is 1.80 bits per heavy atom. The second kappa shape index (κ2) is 13.4. The van der Waals surface area contributed by atoms with Gasteiger partial charge in [0.2, 0.25) is 11.8 Å². The fourth-order valence-electron chi connectivity index (χ4n) is 8.44. The fourth-order valence-corrected chi connectivity index (χ4v) is 8.44. The smallest absolute Gasteiger partial charge is 0.408 e. The van der Waals surface area contributed by atoms with E-state index >= 15 is 8.78 Å². The van der Waals surface area contributed by atoms with Gasteiger partial charge in [0, 0.05) is 42.1 Å². The number of carbonyl (C=O) groups is 3. The van der Waals surface area contributed by atoms with Crippen molar-refractivity contribution in [2.75, 3.05) is 13.7 Å². The van der Waals surface area contributed by atoms with Gasteiger partial charge in [-0.25, -0.2) is 23.5 Å². The Labute approximate surface area is 295 Å². The molecule has 4 aliphatic rings. The van der Waals surface area contributed by atoms with E-state index in [1.165, 1.54) is 18.1 Å². The van der Waals surface area contributed by atoms with Gasteiger partial charge in [0.25, 0.3) is 11.8 Å². The van der Waals surface area contributed by atoms with Crippen LogP contribution in [0.3, 0.4) is 0 Å². The topological polar surface area (TPSA) is 120 Å². The molecule has 3 fully saturated rings. The van der Waals surface area contributed by atoms with Gasteiger partial charge in [0.1, 0.15) is 24.0 Å². The van der Waals surface area contributed by atoms with E-state index in [1.54, 1.807) is 46.8 Å². The average molecular weight is 721 g/mol. The second-order valence-corrected chi connectivity index (χ2v) is 16.0. The van der Waals surface area contributed by atoms with Crippen molar-refractivity contribution in [3.05, 3.63) is 23.9 Å². The molecular weight excluding hydrogens is 672 g/mol. The minimum absolute atomic E-state index is 0.0203. The Morgan fingerprint density at radius 3 is 2.45 bits per heavy atom. The van der Waals surface area contributed by atoms with E-state index in [-0.39, 0.29) is 49.0 Å². The number of methoxy groups -OCH3 is 1. The molecule has 0 radical (unpaired) electrons. The van der Waals surface area contributed by atoms with Gasteiger partial charge in [0.15, 0.2) is 11.5 Å². The number of nitrogens with zero attached hydrogens (tertiary/aromatic N) is 3. The minimum atomic E-state index is -3.53. The van der Waals surface area contributed by atoms with Crippen LogP contribution in [-0.4, -0.2) is 76.5 Å². The summed E-state index contributed by atoms with van der Waals surface area (Å²) in [6.07, 6.45) is -2.71. The third-order valence-electron chi connectivity index (χ3n) is 11.3. The van der Waals surface area contributed by atoms with Gasteiger partial charge in [-0.05, 0) is 43.2 Å². The van der Waals surface area contributed by atoms with E-state index in [0.29, 0.717) is 12.2 Å². The first-order valence-electron chi connectivity index (χ1n) is 18.0. The number of hydrogen-bond donors (Lipinski definition) is 1. The number of ether oxygens (including phenoxy) is 3. The summed E-state index contributed by atoms with van der Waals surface area (Å²) >= 11 is 0. The van der Waals surface area contributed by atoms with Crippen molar-refractivity contribution in [3.8, 4) is 11.6 Å². The lowest BCUT2D eigenvalue weighted by molar-refractivity contribution is -0.143. The zero-order chi connectivity index (χ0) is 37.2. The third kappa shape index (κ3) is 6.83. The number of aromatic nitrogens is 2. The fraction of sp³-hybridized carbons (Fsp3) is 0.703. The largest absolute Gasteiger partial charge is 0.497 e. The van der Waals surface area contributed by atoms with Crippen LogP contribution in [0.25, 0.3) is 11.0 Å². The number of halogens is 4. The number of Topliss-reactive ketones (excluding diaryl/α,β-unsaturated/α-hetero) is 1. The van der Waals surface area contributed by atoms with Crippen molar-refractivity contribution in [1.29, 1.82) is 0 Å². The molecule has 0 spiro atoms. The van der Waals surface area contributed by atoms with Crippen molar-refractivity contribution in [2.45, 2.75) is 116 Å². The Bertz CT molecular complexity index is 1680. The number of benzene rings is 1. The van der Waals surface area contributed by atoms with E-state index in [4.69, 9.17) is 14.2 Å². The lowest BCUT2D eigenvalue weighted by atomic mass is 9.84. The van der Waals surface area contributed by atoms with Crippen LogP contribution in [0, 0.1) is 35.0 Å². The van der Waals surface area contributed by atoms with Crippen LogP contribution in [0.15, 0.2) is 18.2 Å². The molecule has 3 heterocycles. The van der Waals surface area contributed by atoms with Gasteiger partial charge in [-0.1, -0.05) is 48.0 Å². The molecule has 280 valence electrons. The number of carbonyl (C=O) groups excluding carboxylic acids is 3. The Morgan fingerprint density at radius 1 is 1.08 bits per heavy atom. The predicted molar refractivity (Wildman–Crippen MR) is 179 cm³/mol. The molecule has 1 aromatic carbocycles. The monoisotopic (exact) mass is 720 g/mol. The zero-order valence-electron chi connectivity index (χ0n) is 30.2. The third-order valence-corrected chi connectivity index (χ3v) is 11.3. The molecular formula is C37H48F4N4O6. The molecule has 8 atom stereocenters. The van der Waals surface area contributed by atoms with Crippen molar-refractivity contribution < 1.29 is 46.2 Å². The number of rotatable bonds is 4. The zero-order valence-corrected chi connectivity index (χ0v) is 30.2. The summed E-state index contributed by atoms with van der Waals surface area (Å²) in [6.45, 7) is 10.4.